The first-order valence-corrected chi connectivity index (χ1v) is 6.01. The minimum atomic E-state index is 0.398. The molecular formula is C13H8Cl2N2O. The number of hydrogen-bond donors (Lipinski definition) is 1. The molecular weight excluding hydrogens is 271 g/mol. The lowest BCUT2D eigenvalue weighted by atomic mass is 10.2. The number of benzene rings is 2. The quantitative estimate of drug-likeness (QED) is 0.672. The predicted molar refractivity (Wildman–Crippen MR) is 73.9 cm³/mol. The molecule has 1 aromatic heterocycles. The van der Waals surface area contributed by atoms with Crippen molar-refractivity contribution in [2.24, 2.45) is 0 Å². The maximum absolute atomic E-state index is 6.12. The van der Waals surface area contributed by atoms with E-state index in [0.717, 1.165) is 0 Å². The molecule has 90 valence electrons. The van der Waals surface area contributed by atoms with Crippen LogP contribution in [0.1, 0.15) is 0 Å². The molecule has 3 nitrogen and oxygen atoms in total. The van der Waals surface area contributed by atoms with E-state index in [4.69, 9.17) is 33.4 Å². The number of nitrogen functional groups attached to an aromatic ring is 1. The number of oxazole rings is 1. The average molecular weight is 279 g/mol. The van der Waals surface area contributed by atoms with Crippen LogP contribution in [0.25, 0.3) is 22.6 Å². The highest BCUT2D eigenvalue weighted by atomic mass is 35.5. The molecule has 0 atom stereocenters. The topological polar surface area (TPSA) is 52.0 Å². The first-order valence-electron chi connectivity index (χ1n) is 5.25. The SMILES string of the molecule is Nc1cccc(Cl)c1-c1nc2cc(Cl)ccc2o1. The maximum atomic E-state index is 6.12. The van der Waals surface area contributed by atoms with E-state index >= 15 is 0 Å². The second-order valence-corrected chi connectivity index (χ2v) is 4.68. The Bertz CT molecular complexity index is 717. The van der Waals surface area contributed by atoms with Crippen molar-refractivity contribution in [3.63, 3.8) is 0 Å². The number of anilines is 1. The van der Waals surface area contributed by atoms with E-state index in [9.17, 15) is 0 Å². The molecule has 0 bridgehead atoms. The Morgan fingerprint density at radius 3 is 2.72 bits per heavy atom. The lowest BCUT2D eigenvalue weighted by molar-refractivity contribution is 0.620. The number of fused-ring (bicyclic) bond motifs is 1. The molecule has 2 N–H and O–H groups in total. The number of hydrogen-bond acceptors (Lipinski definition) is 3. The van der Waals surface area contributed by atoms with Crippen molar-refractivity contribution in [3.8, 4) is 11.5 Å². The van der Waals surface area contributed by atoms with Gasteiger partial charge in [-0.2, -0.15) is 0 Å². The van der Waals surface area contributed by atoms with Crippen LogP contribution in [0.2, 0.25) is 10.0 Å². The van der Waals surface area contributed by atoms with Crippen LogP contribution < -0.4 is 5.73 Å². The Balaban J connectivity index is 2.26. The predicted octanol–water partition coefficient (Wildman–Crippen LogP) is 4.38. The van der Waals surface area contributed by atoms with Crippen LogP contribution in [0.5, 0.6) is 0 Å². The maximum Gasteiger partial charge on any atom is 0.230 e. The van der Waals surface area contributed by atoms with Gasteiger partial charge in [-0.1, -0.05) is 29.3 Å². The summed E-state index contributed by atoms with van der Waals surface area (Å²) in [4.78, 5) is 4.35. The summed E-state index contributed by atoms with van der Waals surface area (Å²) in [5.41, 5.74) is 8.35. The Hall–Kier alpha value is -1.71. The molecule has 5 heteroatoms. The fraction of sp³-hybridized carbons (Fsp3) is 0. The van der Waals surface area contributed by atoms with Gasteiger partial charge in [0.05, 0.1) is 10.6 Å². The number of halogens is 2. The molecule has 0 unspecified atom stereocenters. The van der Waals surface area contributed by atoms with Crippen molar-refractivity contribution in [2.75, 3.05) is 5.73 Å². The zero-order chi connectivity index (χ0) is 12.7. The lowest BCUT2D eigenvalue weighted by Gasteiger charge is -2.02. The van der Waals surface area contributed by atoms with Crippen LogP contribution in [0.15, 0.2) is 40.8 Å². The van der Waals surface area contributed by atoms with Crippen molar-refractivity contribution in [3.05, 3.63) is 46.4 Å². The first kappa shape index (κ1) is 11.4. The molecule has 18 heavy (non-hydrogen) atoms. The Morgan fingerprint density at radius 2 is 1.94 bits per heavy atom. The molecule has 0 fully saturated rings. The number of rotatable bonds is 1. The summed E-state index contributed by atoms with van der Waals surface area (Å²) in [6.07, 6.45) is 0. The van der Waals surface area contributed by atoms with Crippen molar-refractivity contribution < 1.29 is 4.42 Å². The van der Waals surface area contributed by atoms with E-state index in [-0.39, 0.29) is 0 Å². The highest BCUT2D eigenvalue weighted by Gasteiger charge is 2.14. The molecule has 3 rings (SSSR count). The third-order valence-corrected chi connectivity index (χ3v) is 3.16. The van der Waals surface area contributed by atoms with Crippen LogP contribution in [0.3, 0.4) is 0 Å². The summed E-state index contributed by atoms with van der Waals surface area (Å²) in [6, 6.07) is 10.5. The number of nitrogens with two attached hydrogens (primary N) is 1. The van der Waals surface area contributed by atoms with Gasteiger partial charge < -0.3 is 10.2 Å². The minimum Gasteiger partial charge on any atom is -0.436 e. The van der Waals surface area contributed by atoms with Crippen molar-refractivity contribution in [2.45, 2.75) is 0 Å². The van der Waals surface area contributed by atoms with Gasteiger partial charge in [-0.15, -0.1) is 0 Å². The highest BCUT2D eigenvalue weighted by molar-refractivity contribution is 6.34. The van der Waals surface area contributed by atoms with E-state index in [1.165, 1.54) is 0 Å². The Labute approximate surface area is 113 Å². The van der Waals surface area contributed by atoms with Gasteiger partial charge in [0.25, 0.3) is 0 Å². The zero-order valence-corrected chi connectivity index (χ0v) is 10.7. The molecule has 0 aliphatic carbocycles. The monoisotopic (exact) mass is 278 g/mol. The van der Waals surface area contributed by atoms with Gasteiger partial charge in [0, 0.05) is 10.7 Å². The van der Waals surface area contributed by atoms with Crippen molar-refractivity contribution in [1.29, 1.82) is 0 Å². The van der Waals surface area contributed by atoms with Gasteiger partial charge in [-0.05, 0) is 30.3 Å². The second kappa shape index (κ2) is 4.19. The summed E-state index contributed by atoms with van der Waals surface area (Å²) in [7, 11) is 0. The fourth-order valence-corrected chi connectivity index (χ4v) is 2.20. The van der Waals surface area contributed by atoms with E-state index in [1.54, 1.807) is 36.4 Å². The molecule has 0 saturated heterocycles. The van der Waals surface area contributed by atoms with Gasteiger partial charge in [0.1, 0.15) is 5.52 Å². The zero-order valence-electron chi connectivity index (χ0n) is 9.15. The molecule has 0 aliphatic heterocycles. The van der Waals surface area contributed by atoms with Gasteiger partial charge in [-0.3, -0.25) is 0 Å². The summed E-state index contributed by atoms with van der Waals surface area (Å²) in [6.45, 7) is 0. The largest absolute Gasteiger partial charge is 0.436 e. The van der Waals surface area contributed by atoms with Crippen LogP contribution in [0, 0.1) is 0 Å². The Kier molecular flexibility index (Phi) is 2.65. The van der Waals surface area contributed by atoms with Crippen LogP contribution in [-0.2, 0) is 0 Å². The van der Waals surface area contributed by atoms with Crippen LogP contribution in [-0.4, -0.2) is 4.98 Å². The molecule has 0 radical (unpaired) electrons. The summed E-state index contributed by atoms with van der Waals surface area (Å²) >= 11 is 12.0. The molecule has 2 aromatic carbocycles. The molecule has 0 spiro atoms. The van der Waals surface area contributed by atoms with Crippen molar-refractivity contribution in [1.82, 2.24) is 4.98 Å². The van der Waals surface area contributed by atoms with Gasteiger partial charge >= 0.3 is 0 Å². The third-order valence-electron chi connectivity index (χ3n) is 2.61. The number of nitrogens with zero attached hydrogens (tertiary/aromatic N) is 1. The Morgan fingerprint density at radius 1 is 1.11 bits per heavy atom. The smallest absolute Gasteiger partial charge is 0.230 e. The van der Waals surface area contributed by atoms with Crippen molar-refractivity contribution >= 4 is 40.0 Å². The molecule has 1 heterocycles. The highest BCUT2D eigenvalue weighted by Crippen LogP contribution is 2.34. The summed E-state index contributed by atoms with van der Waals surface area (Å²) < 4.78 is 5.64. The van der Waals surface area contributed by atoms with E-state index in [2.05, 4.69) is 4.98 Å². The van der Waals surface area contributed by atoms with Gasteiger partial charge in [0.15, 0.2) is 5.58 Å². The van der Waals surface area contributed by atoms with E-state index < -0.39 is 0 Å². The average Bonchev–Trinajstić information content (AvgIpc) is 2.71. The molecule has 0 amide bonds. The van der Waals surface area contributed by atoms with Gasteiger partial charge in [-0.25, -0.2) is 4.98 Å². The number of aromatic nitrogens is 1. The third kappa shape index (κ3) is 1.82. The fourth-order valence-electron chi connectivity index (χ4n) is 1.77. The standard InChI is InChI=1S/C13H8Cl2N2O/c14-7-4-5-11-10(6-7)17-13(18-11)12-8(15)2-1-3-9(12)16/h1-6H,16H2. The minimum absolute atomic E-state index is 0.398. The molecule has 3 aromatic rings. The molecule has 0 aliphatic rings. The van der Waals surface area contributed by atoms with Gasteiger partial charge in [0.2, 0.25) is 5.89 Å². The van der Waals surface area contributed by atoms with E-state index in [1.807, 2.05) is 0 Å². The normalized spacial score (nSPS) is 11.0. The van der Waals surface area contributed by atoms with E-state index in [0.29, 0.717) is 38.3 Å². The first-order chi connectivity index (χ1) is 8.65. The second-order valence-electron chi connectivity index (χ2n) is 3.84. The summed E-state index contributed by atoms with van der Waals surface area (Å²) in [5.74, 6) is 0.398. The lowest BCUT2D eigenvalue weighted by Crippen LogP contribution is -1.90. The summed E-state index contributed by atoms with van der Waals surface area (Å²) in [5, 5.41) is 1.11. The van der Waals surface area contributed by atoms with Crippen LogP contribution in [0.4, 0.5) is 5.69 Å². The molecule has 0 saturated carbocycles. The van der Waals surface area contributed by atoms with Crippen LogP contribution >= 0.6 is 23.2 Å².